The van der Waals surface area contributed by atoms with Gasteiger partial charge in [-0.15, -0.1) is 0 Å². The molecule has 0 atom stereocenters. The van der Waals surface area contributed by atoms with Gasteiger partial charge in [-0.25, -0.2) is 0 Å². The van der Waals surface area contributed by atoms with E-state index in [1.807, 2.05) is 17.5 Å². The molecule has 0 amide bonds. The number of carbonyl (C=O) groups excluding carboxylic acids is 1. The van der Waals surface area contributed by atoms with E-state index in [2.05, 4.69) is 91.8 Å². The number of fused-ring (bicyclic) bond motifs is 4. The molecule has 0 aliphatic heterocycles. The molecule has 5 aromatic rings. The molecule has 1 radical (unpaired) electrons. The number of carbonyl (C=O) groups is 1. The van der Waals surface area contributed by atoms with Crippen LogP contribution in [-0.2, 0) is 24.9 Å². The van der Waals surface area contributed by atoms with Crippen molar-refractivity contribution < 1.29 is 30.0 Å². The van der Waals surface area contributed by atoms with Crippen molar-refractivity contribution in [2.24, 2.45) is 0 Å². The van der Waals surface area contributed by atoms with Crippen molar-refractivity contribution >= 4 is 65.7 Å². The van der Waals surface area contributed by atoms with Crippen molar-refractivity contribution in [3.8, 4) is 11.3 Å². The summed E-state index contributed by atoms with van der Waals surface area (Å²) in [6.45, 7) is 7.37. The first-order valence-corrected chi connectivity index (χ1v) is 20.8. The second-order valence-corrected chi connectivity index (χ2v) is 22.5. The molecule has 0 fully saturated rings. The number of thiophene rings is 1. The molecule has 0 saturated carbocycles. The van der Waals surface area contributed by atoms with Crippen LogP contribution in [0.2, 0.25) is 17.3 Å². The van der Waals surface area contributed by atoms with Crippen molar-refractivity contribution in [2.75, 3.05) is 0 Å². The van der Waals surface area contributed by atoms with Crippen LogP contribution in [0.4, 0.5) is 0 Å². The summed E-state index contributed by atoms with van der Waals surface area (Å²) < 4.78 is 4.21. The van der Waals surface area contributed by atoms with Crippen LogP contribution in [0.15, 0.2) is 72.6 Å². The molecule has 0 saturated heterocycles. The molecule has 6 heteroatoms. The monoisotopic (exact) mass is 763 g/mol. The number of aromatic nitrogens is 1. The first-order valence-electron chi connectivity index (χ1n) is 12.6. The second-order valence-electron chi connectivity index (χ2n) is 10.8. The number of allylic oxidation sites excluding steroid dienone is 2. The average Bonchev–Trinajstić information content (AvgIpc) is 3.20. The zero-order chi connectivity index (χ0) is 26.9. The Balaban J connectivity index is 0.000000444. The van der Waals surface area contributed by atoms with Gasteiger partial charge in [-0.2, -0.15) is 0 Å². The van der Waals surface area contributed by atoms with E-state index in [0.717, 1.165) is 11.3 Å². The molecule has 5 rings (SSSR count). The summed E-state index contributed by atoms with van der Waals surface area (Å²) in [5, 5.41) is 13.5. The summed E-state index contributed by atoms with van der Waals surface area (Å²) in [6, 6.07) is 23.8. The Hall–Kier alpha value is -2.31. The Bertz CT molecular complexity index is 1640. The van der Waals surface area contributed by atoms with Crippen LogP contribution in [0.5, 0.6) is 0 Å². The van der Waals surface area contributed by atoms with Gasteiger partial charge >= 0.3 is 186 Å². The second kappa shape index (κ2) is 12.3. The molecular weight excluding hydrogens is 727 g/mol. The third-order valence-corrected chi connectivity index (χ3v) is 11.8. The maximum atomic E-state index is 10.0. The molecule has 0 bridgehead atoms. The van der Waals surface area contributed by atoms with E-state index < -0.39 is 13.3 Å². The van der Waals surface area contributed by atoms with Gasteiger partial charge in [0.2, 0.25) is 0 Å². The number of ketones is 1. The molecule has 2 heterocycles. The fourth-order valence-corrected chi connectivity index (χ4v) is 8.41. The van der Waals surface area contributed by atoms with Crippen LogP contribution < -0.4 is 4.40 Å². The number of benzene rings is 3. The van der Waals surface area contributed by atoms with Gasteiger partial charge in [-0.05, 0) is 13.8 Å². The van der Waals surface area contributed by atoms with Gasteiger partial charge in [0.05, 0.1) is 5.76 Å². The van der Waals surface area contributed by atoms with Gasteiger partial charge in [0, 0.05) is 26.2 Å². The summed E-state index contributed by atoms with van der Waals surface area (Å²) >= 11 is 0.0179. The minimum absolute atomic E-state index is 0. The summed E-state index contributed by atoms with van der Waals surface area (Å²) in [6.07, 6.45) is 3.12. The maximum Gasteiger partial charge on any atom is 0 e. The number of aliphatic hydroxyl groups is 1. The van der Waals surface area contributed by atoms with Crippen LogP contribution in [0.1, 0.15) is 39.2 Å². The summed E-state index contributed by atoms with van der Waals surface area (Å²) in [5.41, 5.74) is 3.52. The maximum absolute atomic E-state index is 10.0. The quantitative estimate of drug-likeness (QED) is 0.0863. The molecule has 199 valence electrons. The Labute approximate surface area is 245 Å². The number of aliphatic hydroxyl groups excluding tert-OH is 1. The van der Waals surface area contributed by atoms with E-state index in [1.165, 1.54) is 56.4 Å². The summed E-state index contributed by atoms with van der Waals surface area (Å²) in [5.74, 6) is 7.76. The molecule has 3 aromatic carbocycles. The Kier molecular flexibility index (Phi) is 9.75. The van der Waals surface area contributed by atoms with Crippen molar-refractivity contribution in [1.82, 2.24) is 4.98 Å². The fraction of sp³-hybridized carbons (Fsp3) is 0.250. The number of hydrogen-bond donors (Lipinski definition) is 1. The average molecular weight is 762 g/mol. The van der Waals surface area contributed by atoms with E-state index in [0.29, 0.717) is 5.92 Å². The SMILES string of the molecule is CC(=O)/C=C(/C)O.CC(C)c1cc(-c2nccc3c2sc2c[c]([Ge]([CH3])([CH3])[CH3])ccc23)[c-]c2ccccc12.[Ir]. The number of nitrogens with zero attached hydrogens (tertiary/aromatic N) is 1. The van der Waals surface area contributed by atoms with E-state index in [1.54, 1.807) is 4.40 Å². The molecule has 0 unspecified atom stereocenters. The minimum Gasteiger partial charge on any atom is 0 e. The van der Waals surface area contributed by atoms with Gasteiger partial charge in [-0.3, -0.25) is 4.79 Å². The van der Waals surface area contributed by atoms with Crippen LogP contribution in [0.25, 0.3) is 42.2 Å². The molecule has 1 N–H and O–H groups in total. The van der Waals surface area contributed by atoms with Gasteiger partial charge in [0.15, 0.2) is 5.78 Å². The van der Waals surface area contributed by atoms with Crippen molar-refractivity contribution in [2.45, 2.75) is 50.9 Å². The first-order chi connectivity index (χ1) is 17.5. The van der Waals surface area contributed by atoms with Crippen molar-refractivity contribution in [3.63, 3.8) is 0 Å². The predicted molar refractivity (Wildman–Crippen MR) is 163 cm³/mol. The minimum atomic E-state index is -1.86. The Morgan fingerprint density at radius 1 is 1.00 bits per heavy atom. The van der Waals surface area contributed by atoms with Gasteiger partial charge in [-0.1, -0.05) is 0 Å². The topological polar surface area (TPSA) is 50.2 Å². The molecule has 38 heavy (non-hydrogen) atoms. The molecule has 0 spiro atoms. The van der Waals surface area contributed by atoms with E-state index in [-0.39, 0.29) is 31.6 Å². The third kappa shape index (κ3) is 6.63. The first kappa shape index (κ1) is 30.2. The van der Waals surface area contributed by atoms with E-state index >= 15 is 0 Å². The number of pyridine rings is 1. The molecular formula is C32H34GeIrNO2S-. The molecule has 0 aliphatic rings. The zero-order valence-corrected chi connectivity index (χ0v) is 28.3. The van der Waals surface area contributed by atoms with Gasteiger partial charge in [0.25, 0.3) is 0 Å². The van der Waals surface area contributed by atoms with Crippen LogP contribution in [0.3, 0.4) is 0 Å². The fourth-order valence-electron chi connectivity index (χ4n) is 4.52. The zero-order valence-electron chi connectivity index (χ0n) is 23.0. The van der Waals surface area contributed by atoms with Crippen molar-refractivity contribution in [3.05, 3.63) is 84.3 Å². The summed E-state index contributed by atoms with van der Waals surface area (Å²) in [7, 11) is 0. The van der Waals surface area contributed by atoms with Crippen LogP contribution in [-0.4, -0.2) is 29.1 Å². The molecule has 2 aromatic heterocycles. The number of rotatable bonds is 4. The normalized spacial score (nSPS) is 11.9. The largest absolute Gasteiger partial charge is 0 e. The molecule has 3 nitrogen and oxygen atoms in total. The van der Waals surface area contributed by atoms with Gasteiger partial charge < -0.3 is 5.11 Å². The van der Waals surface area contributed by atoms with E-state index in [9.17, 15) is 4.79 Å². The van der Waals surface area contributed by atoms with Gasteiger partial charge in [0.1, 0.15) is 0 Å². The molecule has 0 aliphatic carbocycles. The Morgan fingerprint density at radius 2 is 1.71 bits per heavy atom. The predicted octanol–water partition coefficient (Wildman–Crippen LogP) is 8.77. The standard InChI is InChI=1S/C27H26GeNS.C5H8O2.Ir/c1-17(2)24-15-19(14-18-8-6-7-9-21(18)24)26-27-23(12-13-29-26)22-11-10-20(28(3,4)5)16-25(22)30-27;1-4(6)3-5(2)7;/h6-13,15-17H,1-5H3;3,6H,1-2H3;/q-1;;/b;4-3-;. The van der Waals surface area contributed by atoms with Crippen LogP contribution >= 0.6 is 11.3 Å². The third-order valence-electron chi connectivity index (χ3n) is 6.35. The summed E-state index contributed by atoms with van der Waals surface area (Å²) in [4.78, 5) is 14.9. The van der Waals surface area contributed by atoms with Crippen molar-refractivity contribution in [1.29, 1.82) is 0 Å². The Morgan fingerprint density at radius 3 is 2.32 bits per heavy atom. The number of hydrogen-bond acceptors (Lipinski definition) is 4. The van der Waals surface area contributed by atoms with Crippen LogP contribution in [0, 0.1) is 6.07 Å². The van der Waals surface area contributed by atoms with E-state index in [4.69, 9.17) is 10.1 Å². The smallest absolute Gasteiger partial charge is 0 e.